The van der Waals surface area contributed by atoms with Crippen LogP contribution >= 0.6 is 0 Å². The van der Waals surface area contributed by atoms with E-state index in [0.29, 0.717) is 0 Å². The first-order valence-electron chi connectivity index (χ1n) is 4.72. The molecule has 1 saturated heterocycles. The topological polar surface area (TPSA) is 110 Å². The molecule has 2 atom stereocenters. The number of carbonyl (C=O) groups excluding carboxylic acids is 2. The Morgan fingerprint density at radius 2 is 2.06 bits per heavy atom. The summed E-state index contributed by atoms with van der Waals surface area (Å²) in [6, 6.07) is -0.943. The first-order valence-corrected chi connectivity index (χ1v) is 6.54. The van der Waals surface area contributed by atoms with E-state index in [1.54, 1.807) is 6.92 Å². The van der Waals surface area contributed by atoms with Gasteiger partial charge in [0, 0.05) is 0 Å². The Balaban J connectivity index is 2.56. The van der Waals surface area contributed by atoms with E-state index in [9.17, 15) is 23.1 Å². The standard InChI is InChI=1S/C8H13NO6S/c1-2-15-8(12)7(11)9-5-3-16(13,14)4-6(5)10/h5-6,10H,2-4H2,1H3,(H,9,11)/t5-,6-/m0/s1. The van der Waals surface area contributed by atoms with E-state index in [-0.39, 0.29) is 12.4 Å². The molecule has 1 aliphatic rings. The molecule has 1 amide bonds. The van der Waals surface area contributed by atoms with Crippen molar-refractivity contribution in [3.05, 3.63) is 0 Å². The predicted molar refractivity (Wildman–Crippen MR) is 53.2 cm³/mol. The highest BCUT2D eigenvalue weighted by atomic mass is 32.2. The lowest BCUT2D eigenvalue weighted by molar-refractivity contribution is -0.155. The van der Waals surface area contributed by atoms with Crippen molar-refractivity contribution >= 4 is 21.7 Å². The Bertz CT molecular complexity index is 389. The Morgan fingerprint density at radius 3 is 2.50 bits per heavy atom. The third-order valence-electron chi connectivity index (χ3n) is 2.10. The zero-order chi connectivity index (χ0) is 12.3. The van der Waals surface area contributed by atoms with E-state index >= 15 is 0 Å². The third-order valence-corrected chi connectivity index (χ3v) is 3.82. The summed E-state index contributed by atoms with van der Waals surface area (Å²) in [5.41, 5.74) is 0. The molecular formula is C8H13NO6S. The largest absolute Gasteiger partial charge is 0.459 e. The van der Waals surface area contributed by atoms with Crippen molar-refractivity contribution in [2.45, 2.75) is 19.1 Å². The molecule has 92 valence electrons. The van der Waals surface area contributed by atoms with Gasteiger partial charge in [-0.25, -0.2) is 13.2 Å². The Labute approximate surface area is 92.7 Å². The van der Waals surface area contributed by atoms with Crippen LogP contribution in [0.4, 0.5) is 0 Å². The highest BCUT2D eigenvalue weighted by Crippen LogP contribution is 2.12. The summed E-state index contributed by atoms with van der Waals surface area (Å²) in [6.07, 6.45) is -1.18. The molecular weight excluding hydrogens is 238 g/mol. The molecule has 0 unspecified atom stereocenters. The molecule has 2 N–H and O–H groups in total. The molecule has 0 saturated carbocycles. The number of amides is 1. The van der Waals surface area contributed by atoms with Gasteiger partial charge < -0.3 is 15.2 Å². The maximum Gasteiger partial charge on any atom is 0.396 e. The number of aliphatic hydroxyl groups is 1. The van der Waals surface area contributed by atoms with Crippen molar-refractivity contribution < 1.29 is 27.9 Å². The second-order valence-electron chi connectivity index (χ2n) is 3.44. The van der Waals surface area contributed by atoms with Crippen LogP contribution in [0, 0.1) is 0 Å². The fourth-order valence-electron chi connectivity index (χ4n) is 1.39. The van der Waals surface area contributed by atoms with Crippen LogP contribution < -0.4 is 5.32 Å². The van der Waals surface area contributed by atoms with Crippen LogP contribution in [-0.2, 0) is 24.2 Å². The van der Waals surface area contributed by atoms with Crippen molar-refractivity contribution in [2.75, 3.05) is 18.1 Å². The van der Waals surface area contributed by atoms with Gasteiger partial charge in [0.25, 0.3) is 0 Å². The molecule has 0 bridgehead atoms. The first kappa shape index (κ1) is 12.9. The van der Waals surface area contributed by atoms with E-state index in [1.165, 1.54) is 0 Å². The molecule has 1 rings (SSSR count). The molecule has 0 aromatic heterocycles. The van der Waals surface area contributed by atoms with Gasteiger partial charge in [0.2, 0.25) is 0 Å². The summed E-state index contributed by atoms with van der Waals surface area (Å²) in [6.45, 7) is 1.60. The number of ether oxygens (including phenoxy) is 1. The predicted octanol–water partition coefficient (Wildman–Crippen LogP) is -2.18. The lowest BCUT2D eigenvalue weighted by Crippen LogP contribution is -2.46. The second kappa shape index (κ2) is 4.79. The molecule has 0 aliphatic carbocycles. The van der Waals surface area contributed by atoms with Crippen LogP contribution in [0.2, 0.25) is 0 Å². The quantitative estimate of drug-likeness (QED) is 0.426. The molecule has 0 radical (unpaired) electrons. The minimum atomic E-state index is -3.35. The highest BCUT2D eigenvalue weighted by molar-refractivity contribution is 7.91. The summed E-state index contributed by atoms with van der Waals surface area (Å²) in [5, 5.41) is 11.5. The van der Waals surface area contributed by atoms with Crippen LogP contribution in [-0.4, -0.2) is 55.7 Å². The molecule has 0 aromatic rings. The normalized spacial score (nSPS) is 27.4. The van der Waals surface area contributed by atoms with Gasteiger partial charge in [-0.05, 0) is 6.92 Å². The van der Waals surface area contributed by atoms with Crippen molar-refractivity contribution in [1.29, 1.82) is 0 Å². The number of sulfone groups is 1. The molecule has 1 heterocycles. The van der Waals surface area contributed by atoms with Gasteiger partial charge in [0.1, 0.15) is 0 Å². The Kier molecular flexibility index (Phi) is 3.87. The number of hydrogen-bond donors (Lipinski definition) is 2. The van der Waals surface area contributed by atoms with Crippen LogP contribution in [0.15, 0.2) is 0 Å². The third kappa shape index (κ3) is 3.17. The molecule has 1 aliphatic heterocycles. The van der Waals surface area contributed by atoms with Crippen LogP contribution in [0.5, 0.6) is 0 Å². The Hall–Kier alpha value is -1.15. The number of carbonyl (C=O) groups is 2. The maximum atomic E-state index is 11.2. The molecule has 1 fully saturated rings. The summed E-state index contributed by atoms with van der Waals surface area (Å²) in [5.74, 6) is -2.89. The number of nitrogens with one attached hydrogen (secondary N) is 1. The molecule has 0 spiro atoms. The van der Waals surface area contributed by atoms with E-state index < -0.39 is 39.6 Å². The fourth-order valence-corrected chi connectivity index (χ4v) is 3.13. The second-order valence-corrected chi connectivity index (χ2v) is 5.60. The van der Waals surface area contributed by atoms with E-state index in [1.807, 2.05) is 0 Å². The number of esters is 1. The smallest absolute Gasteiger partial charge is 0.396 e. The van der Waals surface area contributed by atoms with Crippen molar-refractivity contribution in [3.63, 3.8) is 0 Å². The highest BCUT2D eigenvalue weighted by Gasteiger charge is 2.38. The zero-order valence-electron chi connectivity index (χ0n) is 8.67. The summed E-state index contributed by atoms with van der Waals surface area (Å²) >= 11 is 0. The summed E-state index contributed by atoms with van der Waals surface area (Å²) in [4.78, 5) is 22.1. The van der Waals surface area contributed by atoms with Crippen LogP contribution in [0.1, 0.15) is 6.92 Å². The van der Waals surface area contributed by atoms with E-state index in [0.717, 1.165) is 0 Å². The van der Waals surface area contributed by atoms with Gasteiger partial charge in [-0.3, -0.25) is 4.79 Å². The average molecular weight is 251 g/mol. The van der Waals surface area contributed by atoms with E-state index in [2.05, 4.69) is 10.1 Å². The molecule has 16 heavy (non-hydrogen) atoms. The van der Waals surface area contributed by atoms with Gasteiger partial charge in [-0.2, -0.15) is 0 Å². The summed E-state index contributed by atoms with van der Waals surface area (Å²) < 4.78 is 26.6. The Morgan fingerprint density at radius 1 is 1.44 bits per heavy atom. The number of hydrogen-bond acceptors (Lipinski definition) is 6. The van der Waals surface area contributed by atoms with E-state index in [4.69, 9.17) is 0 Å². The first-order chi connectivity index (χ1) is 7.35. The lowest BCUT2D eigenvalue weighted by Gasteiger charge is -2.13. The van der Waals surface area contributed by atoms with Gasteiger partial charge in [-0.1, -0.05) is 0 Å². The summed E-state index contributed by atoms with van der Waals surface area (Å²) in [7, 11) is -3.35. The van der Waals surface area contributed by atoms with Crippen LogP contribution in [0.3, 0.4) is 0 Å². The minimum absolute atomic E-state index is 0.0533. The van der Waals surface area contributed by atoms with Gasteiger partial charge in [0.15, 0.2) is 9.84 Å². The van der Waals surface area contributed by atoms with Gasteiger partial charge in [-0.15, -0.1) is 0 Å². The number of aliphatic hydroxyl groups excluding tert-OH is 1. The monoisotopic (exact) mass is 251 g/mol. The lowest BCUT2D eigenvalue weighted by atomic mass is 10.2. The minimum Gasteiger partial charge on any atom is -0.459 e. The fraction of sp³-hybridized carbons (Fsp3) is 0.750. The molecule has 8 heteroatoms. The SMILES string of the molecule is CCOC(=O)C(=O)N[C@H]1CS(=O)(=O)C[C@@H]1O. The maximum absolute atomic E-state index is 11.2. The number of rotatable bonds is 2. The zero-order valence-corrected chi connectivity index (χ0v) is 9.49. The van der Waals surface area contributed by atoms with Crippen molar-refractivity contribution in [3.8, 4) is 0 Å². The van der Waals surface area contributed by atoms with Crippen molar-refractivity contribution in [2.24, 2.45) is 0 Å². The average Bonchev–Trinajstić information content (AvgIpc) is 2.40. The van der Waals surface area contributed by atoms with Gasteiger partial charge in [0.05, 0.1) is 30.3 Å². The van der Waals surface area contributed by atoms with Crippen LogP contribution in [0.25, 0.3) is 0 Å². The molecule has 7 nitrogen and oxygen atoms in total. The molecule has 0 aromatic carbocycles. The van der Waals surface area contributed by atoms with Crippen molar-refractivity contribution in [1.82, 2.24) is 5.32 Å². The van der Waals surface area contributed by atoms with Gasteiger partial charge >= 0.3 is 11.9 Å².